The average molecular weight is 288 g/mol. The first-order chi connectivity index (χ1) is 9.70. The molecular weight excluding hydrogens is 272 g/mol. The number of carbonyl (C=O) groups excluding carboxylic acids is 1. The minimum atomic E-state index is -0.251. The molecule has 0 spiro atoms. The quantitative estimate of drug-likeness (QED) is 0.807. The van der Waals surface area contributed by atoms with Crippen molar-refractivity contribution in [2.45, 2.75) is 32.6 Å². The molecule has 1 aliphatic rings. The van der Waals surface area contributed by atoms with Crippen molar-refractivity contribution < 1.29 is 9.53 Å². The van der Waals surface area contributed by atoms with Gasteiger partial charge in [-0.3, -0.25) is 4.98 Å². The predicted octanol–water partition coefficient (Wildman–Crippen LogP) is 3.57. The summed E-state index contributed by atoms with van der Waals surface area (Å²) >= 11 is 1.24. The molecule has 1 saturated carbocycles. The highest BCUT2D eigenvalue weighted by Gasteiger charge is 2.34. The van der Waals surface area contributed by atoms with E-state index in [1.165, 1.54) is 11.5 Å². The third kappa shape index (κ3) is 2.45. The van der Waals surface area contributed by atoms with E-state index in [1.807, 2.05) is 26.2 Å². The molecule has 2 heterocycles. The highest BCUT2D eigenvalue weighted by molar-refractivity contribution is 7.08. The number of hydrogen-bond donors (Lipinski definition) is 0. The first-order valence-corrected chi connectivity index (χ1v) is 7.56. The van der Waals surface area contributed by atoms with Crippen LogP contribution in [0.5, 0.6) is 0 Å². The Kier molecular flexibility index (Phi) is 3.53. The Morgan fingerprint density at radius 2 is 2.25 bits per heavy atom. The summed E-state index contributed by atoms with van der Waals surface area (Å²) < 4.78 is 9.63. The minimum absolute atomic E-state index is 0.251. The van der Waals surface area contributed by atoms with Gasteiger partial charge in [-0.15, -0.1) is 0 Å². The lowest BCUT2D eigenvalue weighted by Gasteiger charge is -2.05. The van der Waals surface area contributed by atoms with Crippen molar-refractivity contribution in [3.05, 3.63) is 34.5 Å². The van der Waals surface area contributed by atoms with Crippen LogP contribution >= 0.6 is 11.5 Å². The molecule has 3 rings (SSSR count). The van der Waals surface area contributed by atoms with Gasteiger partial charge in [0.2, 0.25) is 0 Å². The maximum Gasteiger partial charge on any atom is 0.350 e. The molecule has 1 aliphatic carbocycles. The lowest BCUT2D eigenvalue weighted by Crippen LogP contribution is -2.05. The van der Waals surface area contributed by atoms with E-state index in [0.29, 0.717) is 17.4 Å². The monoisotopic (exact) mass is 288 g/mol. The van der Waals surface area contributed by atoms with Crippen LogP contribution in [0.1, 0.15) is 46.5 Å². The van der Waals surface area contributed by atoms with Crippen LogP contribution in [0.25, 0.3) is 11.3 Å². The Hall–Kier alpha value is -1.75. The fourth-order valence-electron chi connectivity index (χ4n) is 2.28. The van der Waals surface area contributed by atoms with Crippen molar-refractivity contribution >= 4 is 17.5 Å². The van der Waals surface area contributed by atoms with Gasteiger partial charge in [-0.25, -0.2) is 4.79 Å². The highest BCUT2D eigenvalue weighted by atomic mass is 32.1. The van der Waals surface area contributed by atoms with E-state index in [1.54, 1.807) is 0 Å². The van der Waals surface area contributed by atoms with Crippen LogP contribution in [0.4, 0.5) is 0 Å². The summed E-state index contributed by atoms with van der Waals surface area (Å²) in [7, 11) is 0. The summed E-state index contributed by atoms with van der Waals surface area (Å²) in [6.07, 6.45) is 5.87. The number of rotatable bonds is 4. The molecule has 0 bridgehead atoms. The van der Waals surface area contributed by atoms with Gasteiger partial charge in [0.15, 0.2) is 0 Å². The molecule has 0 radical (unpaired) electrons. The van der Waals surface area contributed by atoms with Gasteiger partial charge in [-0.2, -0.15) is 4.37 Å². The van der Waals surface area contributed by atoms with Crippen molar-refractivity contribution in [3.8, 4) is 11.3 Å². The fourth-order valence-corrected chi connectivity index (χ4v) is 3.17. The van der Waals surface area contributed by atoms with E-state index in [0.717, 1.165) is 35.2 Å². The Morgan fingerprint density at radius 1 is 1.45 bits per heavy atom. The summed E-state index contributed by atoms with van der Waals surface area (Å²) in [4.78, 5) is 16.9. The van der Waals surface area contributed by atoms with Gasteiger partial charge in [0.25, 0.3) is 0 Å². The molecule has 104 valence electrons. The van der Waals surface area contributed by atoms with Crippen LogP contribution in [0.2, 0.25) is 0 Å². The Bertz CT molecular complexity index is 647. The van der Waals surface area contributed by atoms with Crippen LogP contribution in [0.3, 0.4) is 0 Å². The summed E-state index contributed by atoms with van der Waals surface area (Å²) in [5.41, 5.74) is 4.03. The number of esters is 1. The standard InChI is InChI=1S/C15H16N2O2S/c1-3-19-15(18)14-12(10-4-5-10)13(17-20-14)11-6-9(2)7-16-8-11/h6-8,10H,3-5H2,1-2H3. The predicted molar refractivity (Wildman–Crippen MR) is 78.0 cm³/mol. The molecule has 0 amide bonds. The molecule has 0 aromatic carbocycles. The maximum atomic E-state index is 12.0. The van der Waals surface area contributed by atoms with E-state index in [-0.39, 0.29) is 5.97 Å². The number of hydrogen-bond acceptors (Lipinski definition) is 5. The third-order valence-electron chi connectivity index (χ3n) is 3.32. The van der Waals surface area contributed by atoms with E-state index < -0.39 is 0 Å². The molecule has 5 heteroatoms. The first-order valence-electron chi connectivity index (χ1n) is 6.79. The van der Waals surface area contributed by atoms with E-state index >= 15 is 0 Å². The number of ether oxygens (including phenoxy) is 1. The van der Waals surface area contributed by atoms with Crippen molar-refractivity contribution in [2.75, 3.05) is 6.61 Å². The Balaban J connectivity index is 2.06. The smallest absolute Gasteiger partial charge is 0.350 e. The molecule has 1 fully saturated rings. The molecule has 0 N–H and O–H groups in total. The van der Waals surface area contributed by atoms with Gasteiger partial charge in [0, 0.05) is 23.5 Å². The van der Waals surface area contributed by atoms with Crippen LogP contribution in [0, 0.1) is 6.92 Å². The lowest BCUT2D eigenvalue weighted by atomic mass is 10.0. The number of nitrogens with zero attached hydrogens (tertiary/aromatic N) is 2. The maximum absolute atomic E-state index is 12.0. The van der Waals surface area contributed by atoms with E-state index in [9.17, 15) is 4.79 Å². The van der Waals surface area contributed by atoms with Crippen LogP contribution < -0.4 is 0 Å². The lowest BCUT2D eigenvalue weighted by molar-refractivity contribution is 0.0531. The molecule has 2 aromatic heterocycles. The molecule has 0 saturated heterocycles. The zero-order valence-electron chi connectivity index (χ0n) is 11.5. The zero-order valence-corrected chi connectivity index (χ0v) is 12.4. The van der Waals surface area contributed by atoms with Gasteiger partial charge >= 0.3 is 5.97 Å². The van der Waals surface area contributed by atoms with Crippen molar-refractivity contribution in [1.82, 2.24) is 9.36 Å². The second-order valence-corrected chi connectivity index (χ2v) is 5.79. The van der Waals surface area contributed by atoms with Crippen LogP contribution in [-0.2, 0) is 4.74 Å². The van der Waals surface area contributed by atoms with Crippen LogP contribution in [0.15, 0.2) is 18.5 Å². The molecule has 2 aromatic rings. The molecule has 20 heavy (non-hydrogen) atoms. The second-order valence-electron chi connectivity index (χ2n) is 5.02. The average Bonchev–Trinajstić information content (AvgIpc) is 3.17. The van der Waals surface area contributed by atoms with Gasteiger partial charge in [-0.05, 0) is 55.8 Å². The highest BCUT2D eigenvalue weighted by Crippen LogP contribution is 2.47. The SMILES string of the molecule is CCOC(=O)c1snc(-c2cncc(C)c2)c1C1CC1. The van der Waals surface area contributed by atoms with E-state index in [4.69, 9.17) is 4.74 Å². The minimum Gasteiger partial charge on any atom is -0.462 e. The van der Waals surface area contributed by atoms with Gasteiger partial charge in [-0.1, -0.05) is 0 Å². The van der Waals surface area contributed by atoms with Gasteiger partial charge in [0.1, 0.15) is 4.88 Å². The zero-order chi connectivity index (χ0) is 14.1. The van der Waals surface area contributed by atoms with Crippen molar-refractivity contribution in [2.24, 2.45) is 0 Å². The topological polar surface area (TPSA) is 52.1 Å². The Labute approximate surface area is 122 Å². The summed E-state index contributed by atoms with van der Waals surface area (Å²) in [6.45, 7) is 4.22. The summed E-state index contributed by atoms with van der Waals surface area (Å²) in [5, 5.41) is 0. The molecule has 0 aliphatic heterocycles. The largest absolute Gasteiger partial charge is 0.462 e. The van der Waals surface area contributed by atoms with Crippen molar-refractivity contribution in [3.63, 3.8) is 0 Å². The second kappa shape index (κ2) is 5.32. The van der Waals surface area contributed by atoms with Gasteiger partial charge < -0.3 is 4.74 Å². The number of aromatic nitrogens is 2. The number of carbonyl (C=O) groups is 1. The molecular formula is C15H16N2O2S. The fraction of sp³-hybridized carbons (Fsp3) is 0.400. The number of aryl methyl sites for hydroxylation is 1. The van der Waals surface area contributed by atoms with Gasteiger partial charge in [0.05, 0.1) is 12.3 Å². The summed E-state index contributed by atoms with van der Waals surface area (Å²) in [5.74, 6) is 0.197. The molecule has 0 atom stereocenters. The molecule has 0 unspecified atom stereocenters. The summed E-state index contributed by atoms with van der Waals surface area (Å²) in [6, 6.07) is 2.06. The van der Waals surface area contributed by atoms with Crippen LogP contribution in [-0.4, -0.2) is 21.9 Å². The third-order valence-corrected chi connectivity index (χ3v) is 4.17. The molecule has 4 nitrogen and oxygen atoms in total. The van der Waals surface area contributed by atoms with Crippen molar-refractivity contribution in [1.29, 1.82) is 0 Å². The first kappa shape index (κ1) is 13.2. The normalized spacial score (nSPS) is 14.3. The van der Waals surface area contributed by atoms with E-state index in [2.05, 4.69) is 15.4 Å². The number of pyridine rings is 1. The Morgan fingerprint density at radius 3 is 2.90 bits per heavy atom.